The Morgan fingerprint density at radius 1 is 1.43 bits per heavy atom. The predicted octanol–water partition coefficient (Wildman–Crippen LogP) is -0.155. The minimum Gasteiger partial charge on any atom is -0.370 e. The van der Waals surface area contributed by atoms with Crippen LogP contribution in [0.25, 0.3) is 10.2 Å². The first-order valence-electron chi connectivity index (χ1n) is 8.07. The number of nitrogens with two attached hydrogens (primary N) is 1. The summed E-state index contributed by atoms with van der Waals surface area (Å²) in [5.74, 6) is 0.590. The van der Waals surface area contributed by atoms with Crippen LogP contribution < -0.4 is 20.9 Å². The van der Waals surface area contributed by atoms with Crippen molar-refractivity contribution in [1.82, 2.24) is 4.98 Å². The van der Waals surface area contributed by atoms with Crippen molar-refractivity contribution in [2.75, 3.05) is 26.4 Å². The predicted molar refractivity (Wildman–Crippen MR) is 91.9 cm³/mol. The topological polar surface area (TPSA) is 76.4 Å². The van der Waals surface area contributed by atoms with E-state index in [0.29, 0.717) is 19.0 Å². The third-order valence-electron chi connectivity index (χ3n) is 4.36. The van der Waals surface area contributed by atoms with Gasteiger partial charge in [-0.05, 0) is 19.4 Å². The quantitative estimate of drug-likeness (QED) is 0.679. The van der Waals surface area contributed by atoms with Crippen LogP contribution >= 0.6 is 11.3 Å². The maximum absolute atomic E-state index is 12.4. The summed E-state index contributed by atoms with van der Waals surface area (Å²) in [6.45, 7) is 6.43. The molecule has 0 saturated carbocycles. The second-order valence-electron chi connectivity index (χ2n) is 7.21. The molecule has 0 saturated heterocycles. The van der Waals surface area contributed by atoms with Crippen LogP contribution in [0.15, 0.2) is 4.79 Å². The van der Waals surface area contributed by atoms with Gasteiger partial charge in [-0.25, -0.2) is 9.78 Å². The van der Waals surface area contributed by atoms with E-state index in [1.807, 2.05) is 0 Å². The lowest BCUT2D eigenvalue weighted by Crippen LogP contribution is -3.05. The Hall–Kier alpha value is -1.44. The number of hydrogen-bond donors (Lipinski definition) is 3. The molecule has 0 radical (unpaired) electrons. The highest BCUT2D eigenvalue weighted by atomic mass is 32.1. The van der Waals surface area contributed by atoms with Crippen molar-refractivity contribution in [3.63, 3.8) is 0 Å². The van der Waals surface area contributed by atoms with E-state index in [9.17, 15) is 4.79 Å². The number of ether oxygens (including phenoxy) is 1. The van der Waals surface area contributed by atoms with Crippen LogP contribution in [-0.2, 0) is 24.3 Å². The van der Waals surface area contributed by atoms with Crippen LogP contribution in [0.5, 0.6) is 0 Å². The molecule has 2 aromatic rings. The Bertz CT molecular complexity index is 791. The van der Waals surface area contributed by atoms with E-state index < -0.39 is 0 Å². The zero-order chi connectivity index (χ0) is 16.8. The highest BCUT2D eigenvalue weighted by molar-refractivity contribution is 7.18. The molecule has 3 rings (SSSR count). The summed E-state index contributed by atoms with van der Waals surface area (Å²) in [5, 5.41) is 1.01. The molecule has 3 heterocycles. The van der Waals surface area contributed by atoms with Crippen LogP contribution in [0.2, 0.25) is 0 Å². The molecule has 6 nitrogen and oxygen atoms in total. The van der Waals surface area contributed by atoms with Gasteiger partial charge in [-0.1, -0.05) is 0 Å². The number of H-pyrrole nitrogens is 1. The fourth-order valence-corrected chi connectivity index (χ4v) is 4.26. The van der Waals surface area contributed by atoms with E-state index in [4.69, 9.17) is 10.5 Å². The van der Waals surface area contributed by atoms with Gasteiger partial charge in [0.25, 0.3) is 0 Å². The number of anilines is 1. The van der Waals surface area contributed by atoms with Gasteiger partial charge in [0.15, 0.2) is 4.83 Å². The summed E-state index contributed by atoms with van der Waals surface area (Å²) < 4.78 is 7.56. The molecule has 1 aliphatic heterocycles. The van der Waals surface area contributed by atoms with Gasteiger partial charge in [-0.15, -0.1) is 11.3 Å². The number of aromatic nitrogens is 2. The monoisotopic (exact) mass is 338 g/mol. The fourth-order valence-electron chi connectivity index (χ4n) is 3.13. The molecule has 0 bridgehead atoms. The lowest BCUT2D eigenvalue weighted by Gasteiger charge is -2.29. The SMILES string of the molecule is C[NH+](C)CCC[n+]1c(N)c2c3c(sc2[nH]c1=O)COC(C)(C)C3. The van der Waals surface area contributed by atoms with E-state index in [-0.39, 0.29) is 11.3 Å². The maximum Gasteiger partial charge on any atom is 0.441 e. The van der Waals surface area contributed by atoms with Crippen molar-refractivity contribution in [2.45, 2.75) is 45.4 Å². The van der Waals surface area contributed by atoms with E-state index >= 15 is 0 Å². The van der Waals surface area contributed by atoms with Crippen molar-refractivity contribution in [2.24, 2.45) is 0 Å². The molecule has 0 unspecified atom stereocenters. The van der Waals surface area contributed by atoms with Gasteiger partial charge in [-0.2, -0.15) is 4.57 Å². The average Bonchev–Trinajstić information content (AvgIpc) is 2.78. The van der Waals surface area contributed by atoms with Gasteiger partial charge in [-0.3, -0.25) is 0 Å². The highest BCUT2D eigenvalue weighted by Gasteiger charge is 2.32. The summed E-state index contributed by atoms with van der Waals surface area (Å²) in [7, 11) is 4.22. The van der Waals surface area contributed by atoms with Crippen molar-refractivity contribution in [3.05, 3.63) is 20.9 Å². The number of thiophene rings is 1. The van der Waals surface area contributed by atoms with Crippen LogP contribution in [0, 0.1) is 0 Å². The van der Waals surface area contributed by atoms with Crippen LogP contribution in [-0.4, -0.2) is 31.2 Å². The third kappa shape index (κ3) is 3.13. The zero-order valence-electron chi connectivity index (χ0n) is 14.3. The molecule has 0 fully saturated rings. The number of nitrogen functional groups attached to an aromatic ring is 1. The molecule has 7 heteroatoms. The molecule has 23 heavy (non-hydrogen) atoms. The summed E-state index contributed by atoms with van der Waals surface area (Å²) >= 11 is 1.59. The normalized spacial score (nSPS) is 16.9. The van der Waals surface area contributed by atoms with Crippen LogP contribution in [0.1, 0.15) is 30.7 Å². The Balaban J connectivity index is 2.05. The summed E-state index contributed by atoms with van der Waals surface area (Å²) in [5.41, 5.74) is 7.32. The molecule has 0 aromatic carbocycles. The van der Waals surface area contributed by atoms with Gasteiger partial charge < -0.3 is 15.4 Å². The van der Waals surface area contributed by atoms with Gasteiger partial charge in [0.1, 0.15) is 5.39 Å². The van der Waals surface area contributed by atoms with Crippen LogP contribution in [0.4, 0.5) is 5.82 Å². The molecule has 0 spiro atoms. The Morgan fingerprint density at radius 3 is 2.87 bits per heavy atom. The molecule has 0 amide bonds. The Kier molecular flexibility index (Phi) is 4.20. The van der Waals surface area contributed by atoms with E-state index in [2.05, 4.69) is 32.9 Å². The molecular formula is C16H26N4O2S+2. The minimum absolute atomic E-state index is 0.123. The van der Waals surface area contributed by atoms with E-state index in [1.165, 1.54) is 15.3 Å². The summed E-state index contributed by atoms with van der Waals surface area (Å²) in [6, 6.07) is 0. The molecule has 1 aliphatic rings. The zero-order valence-corrected chi connectivity index (χ0v) is 15.1. The Morgan fingerprint density at radius 2 is 2.17 bits per heavy atom. The van der Waals surface area contributed by atoms with Crippen molar-refractivity contribution in [1.29, 1.82) is 0 Å². The van der Waals surface area contributed by atoms with Crippen molar-refractivity contribution < 1.29 is 14.2 Å². The van der Waals surface area contributed by atoms with Crippen molar-refractivity contribution in [3.8, 4) is 0 Å². The molecule has 4 N–H and O–H groups in total. The number of nitrogens with zero attached hydrogens (tertiary/aromatic N) is 1. The number of rotatable bonds is 4. The molecular weight excluding hydrogens is 312 g/mol. The fraction of sp³-hybridized carbons (Fsp3) is 0.625. The Labute approximate surface area is 139 Å². The first-order valence-corrected chi connectivity index (χ1v) is 8.89. The number of aromatic amines is 1. The lowest BCUT2D eigenvalue weighted by atomic mass is 9.94. The van der Waals surface area contributed by atoms with E-state index in [0.717, 1.165) is 29.6 Å². The second-order valence-corrected chi connectivity index (χ2v) is 8.32. The first-order chi connectivity index (χ1) is 10.8. The third-order valence-corrected chi connectivity index (χ3v) is 5.48. The number of nitrogens with one attached hydrogen (secondary N) is 2. The smallest absolute Gasteiger partial charge is 0.370 e. The van der Waals surface area contributed by atoms with Gasteiger partial charge in [0.2, 0.25) is 5.82 Å². The summed E-state index contributed by atoms with van der Waals surface area (Å²) in [4.78, 5) is 18.8. The van der Waals surface area contributed by atoms with Gasteiger partial charge in [0.05, 0.1) is 39.4 Å². The first kappa shape index (κ1) is 16.4. The molecule has 126 valence electrons. The number of fused-ring (bicyclic) bond motifs is 3. The second kappa shape index (κ2) is 5.89. The van der Waals surface area contributed by atoms with Gasteiger partial charge >= 0.3 is 5.69 Å². The van der Waals surface area contributed by atoms with E-state index in [1.54, 1.807) is 15.9 Å². The largest absolute Gasteiger partial charge is 0.441 e. The van der Waals surface area contributed by atoms with Gasteiger partial charge in [0, 0.05) is 17.7 Å². The maximum atomic E-state index is 12.4. The molecule has 0 atom stereocenters. The highest BCUT2D eigenvalue weighted by Crippen LogP contribution is 2.39. The summed E-state index contributed by atoms with van der Waals surface area (Å²) in [6.07, 6.45) is 1.74. The van der Waals surface area contributed by atoms with Crippen molar-refractivity contribution >= 4 is 27.4 Å². The lowest BCUT2D eigenvalue weighted by molar-refractivity contribution is -0.861. The standard InChI is InChI=1S/C16H24N4O2S/c1-16(2)8-10-11(9-22-16)23-14-12(10)13(17)20(15(21)18-14)7-5-6-19(3)4/h5-9H2,1-4H3,(H2,17,18,21)/p+2. The molecule has 2 aromatic heterocycles. The average molecular weight is 338 g/mol. The minimum atomic E-state index is -0.192. The number of hydrogen-bond acceptors (Lipinski definition) is 4. The van der Waals surface area contributed by atoms with Crippen LogP contribution in [0.3, 0.4) is 0 Å². The molecule has 0 aliphatic carbocycles. The number of quaternary nitrogens is 1.